The Hall–Kier alpha value is -0.940. The highest BCUT2D eigenvalue weighted by molar-refractivity contribution is 9.10. The van der Waals surface area contributed by atoms with Crippen LogP contribution in [-0.2, 0) is 20.7 Å². The van der Waals surface area contributed by atoms with E-state index < -0.39 is 23.2 Å². The monoisotopic (exact) mass is 364 g/mol. The zero-order valence-corrected chi connectivity index (χ0v) is 13.8. The van der Waals surface area contributed by atoms with Gasteiger partial charge in [0.05, 0.1) is 5.02 Å². The van der Waals surface area contributed by atoms with Crippen molar-refractivity contribution >= 4 is 39.3 Å². The summed E-state index contributed by atoms with van der Waals surface area (Å²) in [7, 11) is 0. The molecule has 1 aromatic carbocycles. The van der Waals surface area contributed by atoms with Crippen molar-refractivity contribution in [3.05, 3.63) is 33.0 Å². The number of ketones is 1. The summed E-state index contributed by atoms with van der Waals surface area (Å²) >= 11 is 8.82. The van der Waals surface area contributed by atoms with Crippen LogP contribution in [0.25, 0.3) is 0 Å². The number of benzene rings is 1. The Morgan fingerprint density at radius 2 is 1.95 bits per heavy atom. The van der Waals surface area contributed by atoms with Crippen molar-refractivity contribution in [1.29, 1.82) is 0 Å². The standard InChI is InChI=1S/C14H15BrClFO3/c1-14(2,3)20-11(19)7-9(18)6-8-4-5-10(15)12(16)13(8)17/h4-5H,6-7H2,1-3H3. The molecule has 0 heterocycles. The van der Waals surface area contributed by atoms with E-state index in [0.29, 0.717) is 4.47 Å². The van der Waals surface area contributed by atoms with Crippen LogP contribution < -0.4 is 0 Å². The summed E-state index contributed by atoms with van der Waals surface area (Å²) < 4.78 is 19.2. The average Bonchev–Trinajstić information content (AvgIpc) is 2.27. The molecule has 0 aromatic heterocycles. The van der Waals surface area contributed by atoms with Gasteiger partial charge < -0.3 is 4.74 Å². The van der Waals surface area contributed by atoms with Gasteiger partial charge in [-0.1, -0.05) is 17.7 Å². The first-order valence-electron chi connectivity index (χ1n) is 5.96. The summed E-state index contributed by atoms with van der Waals surface area (Å²) in [4.78, 5) is 23.2. The Morgan fingerprint density at radius 3 is 2.50 bits per heavy atom. The summed E-state index contributed by atoms with van der Waals surface area (Å²) in [5, 5.41) is -0.0763. The molecule has 110 valence electrons. The molecule has 0 saturated heterocycles. The van der Waals surface area contributed by atoms with Crippen LogP contribution in [0.15, 0.2) is 16.6 Å². The Morgan fingerprint density at radius 1 is 1.35 bits per heavy atom. The number of esters is 1. The van der Waals surface area contributed by atoms with Gasteiger partial charge >= 0.3 is 5.97 Å². The Labute approximate surface area is 130 Å². The fraction of sp³-hybridized carbons (Fsp3) is 0.429. The lowest BCUT2D eigenvalue weighted by Gasteiger charge is -2.19. The molecule has 0 saturated carbocycles. The SMILES string of the molecule is CC(C)(C)OC(=O)CC(=O)Cc1ccc(Br)c(Cl)c1F. The maximum absolute atomic E-state index is 13.8. The van der Waals surface area contributed by atoms with Crippen molar-refractivity contribution in [2.45, 2.75) is 39.2 Å². The van der Waals surface area contributed by atoms with Gasteiger partial charge in [0.2, 0.25) is 0 Å². The van der Waals surface area contributed by atoms with Gasteiger partial charge in [-0.25, -0.2) is 4.39 Å². The predicted molar refractivity (Wildman–Crippen MR) is 78.3 cm³/mol. The summed E-state index contributed by atoms with van der Waals surface area (Å²) in [5.41, 5.74) is -0.490. The van der Waals surface area contributed by atoms with E-state index in [1.165, 1.54) is 6.07 Å². The number of carbonyl (C=O) groups is 2. The third kappa shape index (κ3) is 5.21. The number of carbonyl (C=O) groups excluding carboxylic acids is 2. The zero-order chi connectivity index (χ0) is 15.5. The van der Waals surface area contributed by atoms with Gasteiger partial charge in [-0.15, -0.1) is 0 Å². The highest BCUT2D eigenvalue weighted by Gasteiger charge is 2.20. The van der Waals surface area contributed by atoms with E-state index in [0.717, 1.165) is 0 Å². The normalized spacial score (nSPS) is 11.3. The van der Waals surface area contributed by atoms with Crippen molar-refractivity contribution in [2.75, 3.05) is 0 Å². The van der Waals surface area contributed by atoms with Crippen molar-refractivity contribution in [3.8, 4) is 0 Å². The minimum Gasteiger partial charge on any atom is -0.460 e. The second kappa shape index (κ2) is 6.68. The fourth-order valence-electron chi connectivity index (χ4n) is 1.52. The zero-order valence-electron chi connectivity index (χ0n) is 11.4. The molecule has 0 fully saturated rings. The third-order valence-corrected chi connectivity index (χ3v) is 3.52. The lowest BCUT2D eigenvalue weighted by Crippen LogP contribution is -2.25. The molecule has 0 atom stereocenters. The second-order valence-electron chi connectivity index (χ2n) is 5.31. The first kappa shape index (κ1) is 17.1. The molecule has 20 heavy (non-hydrogen) atoms. The van der Waals surface area contributed by atoms with Crippen LogP contribution in [0.2, 0.25) is 5.02 Å². The van der Waals surface area contributed by atoms with Crippen molar-refractivity contribution in [1.82, 2.24) is 0 Å². The molecule has 0 spiro atoms. The van der Waals surface area contributed by atoms with E-state index in [4.69, 9.17) is 16.3 Å². The molecule has 0 amide bonds. The largest absolute Gasteiger partial charge is 0.460 e. The maximum atomic E-state index is 13.8. The van der Waals surface area contributed by atoms with E-state index >= 15 is 0 Å². The maximum Gasteiger partial charge on any atom is 0.313 e. The molecule has 1 rings (SSSR count). The lowest BCUT2D eigenvalue weighted by atomic mass is 10.1. The molecule has 0 unspecified atom stereocenters. The molecular formula is C14H15BrClFO3. The molecule has 0 bridgehead atoms. The topological polar surface area (TPSA) is 43.4 Å². The Bertz CT molecular complexity index is 538. The minimum absolute atomic E-state index is 0.0763. The Balaban J connectivity index is 2.68. The van der Waals surface area contributed by atoms with E-state index in [9.17, 15) is 14.0 Å². The van der Waals surface area contributed by atoms with Crippen LogP contribution in [0.1, 0.15) is 32.8 Å². The smallest absolute Gasteiger partial charge is 0.313 e. The highest BCUT2D eigenvalue weighted by atomic mass is 79.9. The van der Waals surface area contributed by atoms with Crippen LogP contribution in [0.4, 0.5) is 4.39 Å². The van der Waals surface area contributed by atoms with Gasteiger partial charge in [0.15, 0.2) is 0 Å². The Kier molecular flexibility index (Phi) is 5.71. The predicted octanol–water partition coefficient (Wildman–Crippen LogP) is 4.09. The minimum atomic E-state index is -0.654. The van der Waals surface area contributed by atoms with Gasteiger partial charge in [-0.05, 0) is 48.3 Å². The number of hydrogen-bond acceptors (Lipinski definition) is 3. The summed E-state index contributed by atoms with van der Waals surface area (Å²) in [5.74, 6) is -1.69. The van der Waals surface area contributed by atoms with E-state index in [2.05, 4.69) is 15.9 Å². The highest BCUT2D eigenvalue weighted by Crippen LogP contribution is 2.28. The molecule has 6 heteroatoms. The summed E-state index contributed by atoms with van der Waals surface area (Å²) in [6, 6.07) is 3.01. The van der Waals surface area contributed by atoms with E-state index in [1.54, 1.807) is 26.8 Å². The van der Waals surface area contributed by atoms with Crippen LogP contribution in [0, 0.1) is 5.82 Å². The second-order valence-corrected chi connectivity index (χ2v) is 6.55. The molecule has 0 aliphatic carbocycles. The third-order valence-electron chi connectivity index (χ3n) is 2.26. The van der Waals surface area contributed by atoms with Crippen LogP contribution >= 0.6 is 27.5 Å². The van der Waals surface area contributed by atoms with E-state index in [-0.39, 0.29) is 23.4 Å². The van der Waals surface area contributed by atoms with Gasteiger partial charge in [0, 0.05) is 10.9 Å². The van der Waals surface area contributed by atoms with Crippen molar-refractivity contribution in [2.24, 2.45) is 0 Å². The molecule has 1 aromatic rings. The number of hydrogen-bond donors (Lipinski definition) is 0. The van der Waals surface area contributed by atoms with Crippen LogP contribution in [0.5, 0.6) is 0 Å². The van der Waals surface area contributed by atoms with E-state index in [1.807, 2.05) is 0 Å². The first-order valence-corrected chi connectivity index (χ1v) is 7.13. The van der Waals surface area contributed by atoms with Gasteiger partial charge in [-0.2, -0.15) is 0 Å². The number of ether oxygens (including phenoxy) is 1. The summed E-state index contributed by atoms with van der Waals surface area (Å²) in [6.45, 7) is 5.14. The van der Waals surface area contributed by atoms with Gasteiger partial charge in [0.1, 0.15) is 23.6 Å². The van der Waals surface area contributed by atoms with Crippen LogP contribution in [-0.4, -0.2) is 17.4 Å². The number of rotatable bonds is 4. The summed E-state index contributed by atoms with van der Waals surface area (Å²) in [6.07, 6.45) is -0.581. The number of Topliss-reactive ketones (excluding diaryl/α,β-unsaturated/α-hetero) is 1. The first-order chi connectivity index (χ1) is 9.10. The molecule has 0 aliphatic heterocycles. The van der Waals surface area contributed by atoms with Gasteiger partial charge in [0.25, 0.3) is 0 Å². The van der Waals surface area contributed by atoms with Crippen molar-refractivity contribution < 1.29 is 18.7 Å². The molecule has 3 nitrogen and oxygen atoms in total. The molecule has 0 N–H and O–H groups in total. The van der Waals surface area contributed by atoms with Crippen molar-refractivity contribution in [3.63, 3.8) is 0 Å². The molecular weight excluding hydrogens is 351 g/mol. The van der Waals surface area contributed by atoms with Crippen LogP contribution in [0.3, 0.4) is 0 Å². The van der Waals surface area contributed by atoms with Gasteiger partial charge in [-0.3, -0.25) is 9.59 Å². The molecule has 0 radical (unpaired) electrons. The fourth-order valence-corrected chi connectivity index (χ4v) is 2.01. The lowest BCUT2D eigenvalue weighted by molar-refractivity contribution is -0.156. The average molecular weight is 366 g/mol. The molecule has 0 aliphatic rings. The quantitative estimate of drug-likeness (QED) is 0.459. The number of halogens is 3.